The van der Waals surface area contributed by atoms with E-state index in [9.17, 15) is 10.5 Å². The predicted molar refractivity (Wildman–Crippen MR) is 172 cm³/mol. The number of nitriles is 2. The lowest BCUT2D eigenvalue weighted by Crippen LogP contribution is -1.90. The Bertz CT molecular complexity index is 2450. The topological polar surface area (TPSA) is 60.7 Å². The van der Waals surface area contributed by atoms with Crippen LogP contribution in [0.25, 0.3) is 75.5 Å². The van der Waals surface area contributed by atoms with Crippen LogP contribution in [0.2, 0.25) is 0 Å². The highest BCUT2D eigenvalue weighted by atomic mass is 32.1. The van der Waals surface area contributed by atoms with E-state index < -0.39 is 0 Å². The highest BCUT2D eigenvalue weighted by Gasteiger charge is 2.16. The molecule has 0 aliphatic heterocycles. The molecule has 0 bridgehead atoms. The number of hydrogen-bond acceptors (Lipinski definition) is 4. The molecule has 0 aliphatic carbocycles. The van der Waals surface area contributed by atoms with Gasteiger partial charge in [0.2, 0.25) is 0 Å². The Kier molecular flexibility index (Phi) is 5.44. The number of thiophene rings is 1. The zero-order valence-corrected chi connectivity index (χ0v) is 23.1. The summed E-state index contributed by atoms with van der Waals surface area (Å²) in [6, 6.07) is 45.7. The van der Waals surface area contributed by atoms with Crippen LogP contribution in [0.3, 0.4) is 0 Å². The van der Waals surface area contributed by atoms with E-state index in [-0.39, 0.29) is 0 Å². The van der Waals surface area contributed by atoms with Crippen LogP contribution in [-0.4, -0.2) is 0 Å². The molecule has 0 amide bonds. The second-order valence-corrected chi connectivity index (χ2v) is 11.5. The van der Waals surface area contributed by atoms with E-state index in [0.29, 0.717) is 11.1 Å². The number of fused-ring (bicyclic) bond motifs is 6. The van der Waals surface area contributed by atoms with E-state index in [1.165, 1.54) is 20.2 Å². The lowest BCUT2D eigenvalue weighted by Gasteiger charge is -2.13. The monoisotopic (exact) mass is 552 g/mol. The fraction of sp³-hybridized carbons (Fsp3) is 0. The second-order valence-electron chi connectivity index (χ2n) is 10.4. The summed E-state index contributed by atoms with van der Waals surface area (Å²) in [4.78, 5) is 0. The van der Waals surface area contributed by atoms with Crippen molar-refractivity contribution in [3.8, 4) is 45.5 Å². The van der Waals surface area contributed by atoms with E-state index in [1.807, 2.05) is 24.3 Å². The molecular weight excluding hydrogens is 532 g/mol. The van der Waals surface area contributed by atoms with Crippen molar-refractivity contribution in [1.29, 1.82) is 10.5 Å². The Morgan fingerprint density at radius 1 is 0.500 bits per heavy atom. The molecule has 4 heteroatoms. The minimum atomic E-state index is 0.467. The van der Waals surface area contributed by atoms with Crippen molar-refractivity contribution in [2.75, 3.05) is 0 Å². The van der Waals surface area contributed by atoms with Gasteiger partial charge in [0, 0.05) is 36.5 Å². The largest absolute Gasteiger partial charge is 0.455 e. The number of benzene rings is 6. The van der Waals surface area contributed by atoms with Gasteiger partial charge in [-0.05, 0) is 76.3 Å². The van der Waals surface area contributed by atoms with E-state index in [2.05, 4.69) is 97.1 Å². The van der Waals surface area contributed by atoms with E-state index in [4.69, 9.17) is 4.42 Å². The van der Waals surface area contributed by atoms with Gasteiger partial charge in [-0.15, -0.1) is 11.3 Å². The van der Waals surface area contributed by atoms with Gasteiger partial charge in [0.25, 0.3) is 0 Å². The summed E-state index contributed by atoms with van der Waals surface area (Å²) in [5, 5.41) is 24.1. The van der Waals surface area contributed by atoms with Crippen molar-refractivity contribution in [2.45, 2.75) is 0 Å². The summed E-state index contributed by atoms with van der Waals surface area (Å²) in [5.41, 5.74) is 8.45. The normalized spacial score (nSPS) is 11.3. The summed E-state index contributed by atoms with van der Waals surface area (Å²) < 4.78 is 8.91. The molecule has 8 aromatic rings. The SMILES string of the molecule is N#Cc1ccc(-c2cc(-c3ccc4c(c3)sc3ccccc34)cc(-c3cccc4c3oc3ccccc34)c2)c(C#N)c1. The molecule has 0 N–H and O–H groups in total. The quantitative estimate of drug-likeness (QED) is 0.219. The van der Waals surface area contributed by atoms with Gasteiger partial charge in [-0.3, -0.25) is 0 Å². The fourth-order valence-corrected chi connectivity index (χ4v) is 7.09. The van der Waals surface area contributed by atoms with Gasteiger partial charge in [-0.2, -0.15) is 10.5 Å². The molecule has 0 fully saturated rings. The third-order valence-corrected chi connectivity index (χ3v) is 9.07. The van der Waals surface area contributed by atoms with Crippen LogP contribution in [0.1, 0.15) is 11.1 Å². The Morgan fingerprint density at radius 2 is 1.24 bits per heavy atom. The van der Waals surface area contributed by atoms with Crippen LogP contribution in [0.5, 0.6) is 0 Å². The molecule has 42 heavy (non-hydrogen) atoms. The molecular formula is C38H20N2OS. The molecule has 8 rings (SSSR count). The number of furan rings is 1. The van der Waals surface area contributed by atoms with Crippen LogP contribution >= 0.6 is 11.3 Å². The second kappa shape index (κ2) is 9.46. The van der Waals surface area contributed by atoms with Crippen molar-refractivity contribution >= 4 is 53.4 Å². The first kappa shape index (κ1) is 24.1. The van der Waals surface area contributed by atoms with Crippen molar-refractivity contribution < 1.29 is 4.42 Å². The van der Waals surface area contributed by atoms with Gasteiger partial charge in [0.05, 0.1) is 23.3 Å². The molecule has 0 aliphatic rings. The Morgan fingerprint density at radius 3 is 2.10 bits per heavy atom. The maximum atomic E-state index is 10.0. The summed E-state index contributed by atoms with van der Waals surface area (Å²) in [5.74, 6) is 0. The molecule has 6 aromatic carbocycles. The minimum absolute atomic E-state index is 0.467. The molecule has 2 aromatic heterocycles. The van der Waals surface area contributed by atoms with Crippen LogP contribution in [0.4, 0.5) is 0 Å². The lowest BCUT2D eigenvalue weighted by atomic mass is 9.90. The van der Waals surface area contributed by atoms with Gasteiger partial charge in [0.1, 0.15) is 11.2 Å². The summed E-state index contributed by atoms with van der Waals surface area (Å²) in [6.45, 7) is 0. The average molecular weight is 553 g/mol. The zero-order valence-electron chi connectivity index (χ0n) is 22.3. The zero-order chi connectivity index (χ0) is 28.2. The van der Waals surface area contributed by atoms with E-state index in [1.54, 1.807) is 23.5 Å². The van der Waals surface area contributed by atoms with Crippen LogP contribution in [-0.2, 0) is 0 Å². The Hall–Kier alpha value is -5.68. The molecule has 194 valence electrons. The minimum Gasteiger partial charge on any atom is -0.455 e. The molecule has 0 spiro atoms. The van der Waals surface area contributed by atoms with E-state index in [0.717, 1.165) is 55.3 Å². The van der Waals surface area contributed by atoms with Gasteiger partial charge >= 0.3 is 0 Å². The average Bonchev–Trinajstić information content (AvgIpc) is 3.62. The summed E-state index contributed by atoms with van der Waals surface area (Å²) in [7, 11) is 0. The maximum Gasteiger partial charge on any atom is 0.143 e. The molecule has 0 unspecified atom stereocenters. The number of nitrogens with zero attached hydrogens (tertiary/aromatic N) is 2. The van der Waals surface area contributed by atoms with Gasteiger partial charge in [-0.1, -0.05) is 72.8 Å². The van der Waals surface area contributed by atoms with Crippen LogP contribution < -0.4 is 0 Å². The standard InChI is InChI=1S/C38H20N2OS/c39-21-23-12-14-29(28(16-23)22-40)26-17-25(24-13-15-33-32-7-2-4-11-36(32)42-37(33)20-24)18-27(19-26)30-8-5-9-34-31-6-1-3-10-35(31)41-38(30)34/h1-20H. The van der Waals surface area contributed by atoms with Gasteiger partial charge < -0.3 is 4.42 Å². The van der Waals surface area contributed by atoms with Crippen LogP contribution in [0, 0.1) is 22.7 Å². The van der Waals surface area contributed by atoms with Crippen molar-refractivity contribution in [1.82, 2.24) is 0 Å². The smallest absolute Gasteiger partial charge is 0.143 e. The lowest BCUT2D eigenvalue weighted by molar-refractivity contribution is 0.670. The third kappa shape index (κ3) is 3.79. The molecule has 0 saturated carbocycles. The highest BCUT2D eigenvalue weighted by Crippen LogP contribution is 2.41. The first-order valence-electron chi connectivity index (χ1n) is 13.6. The highest BCUT2D eigenvalue weighted by molar-refractivity contribution is 7.25. The summed E-state index contributed by atoms with van der Waals surface area (Å²) in [6.07, 6.45) is 0. The number of rotatable bonds is 3. The van der Waals surface area contributed by atoms with E-state index >= 15 is 0 Å². The molecule has 3 nitrogen and oxygen atoms in total. The van der Waals surface area contributed by atoms with Crippen molar-refractivity contribution in [3.05, 3.63) is 132 Å². The van der Waals surface area contributed by atoms with Crippen molar-refractivity contribution in [3.63, 3.8) is 0 Å². The maximum absolute atomic E-state index is 10.0. The fourth-order valence-electron chi connectivity index (χ4n) is 5.94. The van der Waals surface area contributed by atoms with Gasteiger partial charge in [-0.25, -0.2) is 0 Å². The third-order valence-electron chi connectivity index (χ3n) is 7.94. The first-order valence-corrected chi connectivity index (χ1v) is 14.4. The van der Waals surface area contributed by atoms with Crippen molar-refractivity contribution in [2.24, 2.45) is 0 Å². The summed E-state index contributed by atoms with van der Waals surface area (Å²) >= 11 is 1.80. The predicted octanol–water partition coefficient (Wildman–Crippen LogP) is 10.7. The molecule has 0 radical (unpaired) electrons. The van der Waals surface area contributed by atoms with Crippen LogP contribution in [0.15, 0.2) is 126 Å². The number of para-hydroxylation sites is 2. The van der Waals surface area contributed by atoms with Gasteiger partial charge in [0.15, 0.2) is 0 Å². The molecule has 0 atom stereocenters. The Balaban J connectivity index is 1.39. The Labute approximate surface area is 245 Å². The molecule has 0 saturated heterocycles. The molecule has 2 heterocycles. The number of hydrogen-bond donors (Lipinski definition) is 0. The first-order chi connectivity index (χ1) is 20.7.